The Hall–Kier alpha value is -1.73. The van der Waals surface area contributed by atoms with Gasteiger partial charge in [-0.3, -0.25) is 4.79 Å². The number of hydrogen-bond donors (Lipinski definition) is 1. The number of fused-ring (bicyclic) bond motifs is 1. The summed E-state index contributed by atoms with van der Waals surface area (Å²) in [6.45, 7) is 14.6. The summed E-state index contributed by atoms with van der Waals surface area (Å²) in [5.41, 5.74) is 3.64. The number of carbonyl (C=O) groups is 1. The highest BCUT2D eigenvalue weighted by atomic mass is 16.5. The zero-order chi connectivity index (χ0) is 22.7. The minimum Gasteiger partial charge on any atom is -0.381 e. The summed E-state index contributed by atoms with van der Waals surface area (Å²) in [7, 11) is 0. The molecule has 1 aliphatic carbocycles. The van der Waals surface area contributed by atoms with Crippen LogP contribution in [-0.4, -0.2) is 58.4 Å². The van der Waals surface area contributed by atoms with Crippen molar-refractivity contribution >= 4 is 5.91 Å². The van der Waals surface area contributed by atoms with Crippen molar-refractivity contribution in [1.82, 2.24) is 25.0 Å². The van der Waals surface area contributed by atoms with E-state index in [-0.39, 0.29) is 17.9 Å². The highest BCUT2D eigenvalue weighted by Gasteiger charge is 2.29. The number of rotatable bonds is 6. The molecule has 0 saturated carbocycles. The van der Waals surface area contributed by atoms with Gasteiger partial charge in [-0.25, -0.2) is 0 Å². The molecule has 1 saturated heterocycles. The third kappa shape index (κ3) is 5.25. The predicted molar refractivity (Wildman–Crippen MR) is 125 cm³/mol. The molecule has 2 aliphatic heterocycles. The van der Waals surface area contributed by atoms with Crippen LogP contribution in [0.2, 0.25) is 0 Å². The molecule has 1 amide bonds. The zero-order valence-corrected chi connectivity index (χ0v) is 20.5. The molecular formula is C25H41N5O2. The van der Waals surface area contributed by atoms with Crippen molar-refractivity contribution in [1.29, 1.82) is 0 Å². The third-order valence-corrected chi connectivity index (χ3v) is 7.85. The van der Waals surface area contributed by atoms with Gasteiger partial charge in [0, 0.05) is 51.7 Å². The largest absolute Gasteiger partial charge is 0.381 e. The summed E-state index contributed by atoms with van der Waals surface area (Å²) in [6, 6.07) is -0.131. The minimum atomic E-state index is -0.131. The molecular weight excluding hydrogens is 402 g/mol. The molecule has 0 unspecified atom stereocenters. The predicted octanol–water partition coefficient (Wildman–Crippen LogP) is 3.66. The zero-order valence-electron chi connectivity index (χ0n) is 20.5. The van der Waals surface area contributed by atoms with Crippen LogP contribution < -0.4 is 5.32 Å². The Morgan fingerprint density at radius 2 is 1.97 bits per heavy atom. The molecule has 0 bridgehead atoms. The van der Waals surface area contributed by atoms with Crippen molar-refractivity contribution < 1.29 is 9.53 Å². The smallest absolute Gasteiger partial charge is 0.223 e. The van der Waals surface area contributed by atoms with Crippen molar-refractivity contribution in [2.75, 3.05) is 32.8 Å². The van der Waals surface area contributed by atoms with E-state index in [9.17, 15) is 4.79 Å². The van der Waals surface area contributed by atoms with Crippen LogP contribution in [0.15, 0.2) is 11.1 Å². The molecule has 0 radical (unpaired) electrons. The Morgan fingerprint density at radius 1 is 1.19 bits per heavy atom. The van der Waals surface area contributed by atoms with E-state index < -0.39 is 0 Å². The van der Waals surface area contributed by atoms with Gasteiger partial charge in [-0.1, -0.05) is 25.0 Å². The summed E-state index contributed by atoms with van der Waals surface area (Å²) < 4.78 is 7.63. The molecule has 32 heavy (non-hydrogen) atoms. The first-order valence-electron chi connectivity index (χ1n) is 12.6. The average Bonchev–Trinajstić information content (AvgIpc) is 3.07. The van der Waals surface area contributed by atoms with E-state index in [1.165, 1.54) is 25.7 Å². The highest BCUT2D eigenvalue weighted by Crippen LogP contribution is 2.41. The van der Waals surface area contributed by atoms with Gasteiger partial charge in [-0.05, 0) is 57.8 Å². The standard InChI is InChI=1S/C25H41N5O2/c1-18-6-5-11-25(3,4)21(18)7-12-29-13-8-22-27-28-23(30(22)15-14-29)19(2)26-24(31)20-9-16-32-17-10-20/h19-20H,5-17H2,1-4H3,(H,26,31)/t19-/m0/s1. The molecule has 7 nitrogen and oxygen atoms in total. The average molecular weight is 444 g/mol. The van der Waals surface area contributed by atoms with Crippen molar-refractivity contribution in [2.24, 2.45) is 11.3 Å². The van der Waals surface area contributed by atoms with Gasteiger partial charge in [0.05, 0.1) is 6.04 Å². The summed E-state index contributed by atoms with van der Waals surface area (Å²) in [5, 5.41) is 12.1. The Kier molecular flexibility index (Phi) is 7.35. The summed E-state index contributed by atoms with van der Waals surface area (Å²) >= 11 is 0. The second-order valence-electron chi connectivity index (χ2n) is 10.6. The van der Waals surface area contributed by atoms with E-state index in [0.717, 1.165) is 57.1 Å². The van der Waals surface area contributed by atoms with Crippen LogP contribution in [0.3, 0.4) is 0 Å². The number of nitrogens with one attached hydrogen (secondary N) is 1. The molecule has 178 valence electrons. The van der Waals surface area contributed by atoms with Crippen LogP contribution in [0, 0.1) is 11.3 Å². The van der Waals surface area contributed by atoms with Crippen LogP contribution in [-0.2, 0) is 22.5 Å². The fourth-order valence-corrected chi connectivity index (χ4v) is 5.79. The fourth-order valence-electron chi connectivity index (χ4n) is 5.79. The Morgan fingerprint density at radius 3 is 2.72 bits per heavy atom. The summed E-state index contributed by atoms with van der Waals surface area (Å²) in [5.74, 6) is 2.10. The maximum Gasteiger partial charge on any atom is 0.223 e. The summed E-state index contributed by atoms with van der Waals surface area (Å²) in [4.78, 5) is 15.2. The van der Waals surface area contributed by atoms with Gasteiger partial charge in [0.1, 0.15) is 5.82 Å². The van der Waals surface area contributed by atoms with Crippen LogP contribution in [0.5, 0.6) is 0 Å². The van der Waals surface area contributed by atoms with Crippen LogP contribution in [0.1, 0.15) is 83.9 Å². The lowest BCUT2D eigenvalue weighted by molar-refractivity contribution is -0.128. The van der Waals surface area contributed by atoms with Crippen molar-refractivity contribution in [3.05, 3.63) is 22.8 Å². The first-order valence-corrected chi connectivity index (χ1v) is 12.6. The number of aromatic nitrogens is 3. The van der Waals surface area contributed by atoms with Crippen molar-refractivity contribution in [3.8, 4) is 0 Å². The Labute approximate surface area is 193 Å². The number of ether oxygens (including phenoxy) is 1. The lowest BCUT2D eigenvalue weighted by Crippen LogP contribution is -2.37. The maximum absolute atomic E-state index is 12.7. The molecule has 1 N–H and O–H groups in total. The Balaban J connectivity index is 1.34. The maximum atomic E-state index is 12.7. The van der Waals surface area contributed by atoms with Gasteiger partial charge >= 0.3 is 0 Å². The van der Waals surface area contributed by atoms with Crippen LogP contribution in [0.25, 0.3) is 0 Å². The third-order valence-electron chi connectivity index (χ3n) is 7.85. The lowest BCUT2D eigenvalue weighted by Gasteiger charge is -2.35. The van der Waals surface area contributed by atoms with Gasteiger partial charge in [0.2, 0.25) is 5.91 Å². The lowest BCUT2D eigenvalue weighted by atomic mass is 9.71. The monoisotopic (exact) mass is 443 g/mol. The molecule has 4 rings (SSSR count). The van der Waals surface area contributed by atoms with Gasteiger partial charge in [-0.15, -0.1) is 10.2 Å². The molecule has 3 heterocycles. The number of nitrogens with zero attached hydrogens (tertiary/aromatic N) is 4. The van der Waals surface area contributed by atoms with Crippen molar-refractivity contribution in [3.63, 3.8) is 0 Å². The first-order chi connectivity index (χ1) is 15.3. The number of carbonyl (C=O) groups excluding carboxylic acids is 1. The van der Waals surface area contributed by atoms with Gasteiger partial charge < -0.3 is 19.5 Å². The number of amides is 1. The van der Waals surface area contributed by atoms with E-state index in [2.05, 4.69) is 45.8 Å². The van der Waals surface area contributed by atoms with Gasteiger partial charge in [0.15, 0.2) is 5.82 Å². The van der Waals surface area contributed by atoms with E-state index in [4.69, 9.17) is 4.74 Å². The fraction of sp³-hybridized carbons (Fsp3) is 0.800. The van der Waals surface area contributed by atoms with Gasteiger partial charge in [0.25, 0.3) is 0 Å². The van der Waals surface area contributed by atoms with E-state index in [1.54, 1.807) is 11.1 Å². The normalized spacial score (nSPS) is 23.5. The first kappa shape index (κ1) is 23.4. The Bertz CT molecular complexity index is 837. The highest BCUT2D eigenvalue weighted by molar-refractivity contribution is 5.79. The van der Waals surface area contributed by atoms with Gasteiger partial charge in [-0.2, -0.15) is 0 Å². The SMILES string of the molecule is CC1=C(CCN2CCc3nnc([C@H](C)NC(=O)C4CCOCC4)n3CC2)C(C)(C)CCC1. The molecule has 1 aromatic heterocycles. The molecule has 1 fully saturated rings. The second kappa shape index (κ2) is 10.0. The van der Waals surface area contributed by atoms with E-state index in [0.29, 0.717) is 18.6 Å². The summed E-state index contributed by atoms with van der Waals surface area (Å²) in [6.07, 6.45) is 7.59. The van der Waals surface area contributed by atoms with Crippen molar-refractivity contribution in [2.45, 2.75) is 85.2 Å². The van der Waals surface area contributed by atoms with E-state index >= 15 is 0 Å². The topological polar surface area (TPSA) is 72.3 Å². The number of hydrogen-bond acceptors (Lipinski definition) is 5. The quantitative estimate of drug-likeness (QED) is 0.680. The second-order valence-corrected chi connectivity index (χ2v) is 10.6. The number of allylic oxidation sites excluding steroid dienone is 1. The molecule has 1 atom stereocenters. The van der Waals surface area contributed by atoms with E-state index in [1.807, 2.05) is 6.92 Å². The molecule has 0 spiro atoms. The molecule has 3 aliphatic rings. The minimum absolute atomic E-state index is 0.0509. The molecule has 1 aromatic rings. The van der Waals surface area contributed by atoms with Crippen LogP contribution >= 0.6 is 0 Å². The van der Waals surface area contributed by atoms with Crippen LogP contribution in [0.4, 0.5) is 0 Å². The molecule has 0 aromatic carbocycles. The molecule has 7 heteroatoms.